The molecule has 0 amide bonds. The van der Waals surface area contributed by atoms with Gasteiger partial charge in [-0.05, 0) is 36.3 Å². The summed E-state index contributed by atoms with van der Waals surface area (Å²) in [5.41, 5.74) is 2.08. The number of nitrogens with one attached hydrogen (secondary N) is 1. The molecule has 0 saturated heterocycles. The Morgan fingerprint density at radius 1 is 1.11 bits per heavy atom. The number of hydrogen-bond acceptors (Lipinski definition) is 3. The van der Waals surface area contributed by atoms with Crippen molar-refractivity contribution < 1.29 is 4.74 Å². The Morgan fingerprint density at radius 3 is 2.52 bits per heavy atom. The van der Waals surface area contributed by atoms with Gasteiger partial charge in [-0.2, -0.15) is 5.10 Å². The van der Waals surface area contributed by atoms with Crippen molar-refractivity contribution in [3.05, 3.63) is 83.8 Å². The summed E-state index contributed by atoms with van der Waals surface area (Å²) in [7, 11) is 0. The van der Waals surface area contributed by atoms with E-state index in [-0.39, 0.29) is 0 Å². The van der Waals surface area contributed by atoms with Crippen molar-refractivity contribution in [2.75, 3.05) is 6.61 Å². The molecule has 0 aliphatic heterocycles. The van der Waals surface area contributed by atoms with E-state index in [1.165, 1.54) is 0 Å². The highest BCUT2D eigenvalue weighted by molar-refractivity contribution is 7.80. The van der Waals surface area contributed by atoms with E-state index in [1.807, 2.05) is 66.7 Å². The lowest BCUT2D eigenvalue weighted by molar-refractivity contribution is 0.291. The van der Waals surface area contributed by atoms with Crippen LogP contribution in [0.25, 0.3) is 5.69 Å². The molecule has 0 unspecified atom stereocenters. The number of thiocarbonyl (C=S) groups is 1. The van der Waals surface area contributed by atoms with Gasteiger partial charge in [0.05, 0.1) is 23.8 Å². The van der Waals surface area contributed by atoms with Crippen LogP contribution >= 0.6 is 12.2 Å². The molecule has 6 heteroatoms. The first kappa shape index (κ1) is 18.8. The smallest absolute Gasteiger partial charge is 0.217 e. The average Bonchev–Trinajstić information content (AvgIpc) is 2.72. The molecule has 1 heterocycles. The Hall–Kier alpha value is -2.99. The Kier molecular flexibility index (Phi) is 6.71. The Morgan fingerprint density at radius 2 is 1.81 bits per heavy atom. The molecule has 1 aromatic heterocycles. The van der Waals surface area contributed by atoms with Crippen LogP contribution < -0.4 is 15.4 Å². The number of nitrogens with zero attached hydrogens (tertiary/aromatic N) is 3. The minimum absolute atomic E-state index is 0.416. The van der Waals surface area contributed by atoms with Crippen molar-refractivity contribution >= 4 is 17.3 Å². The minimum Gasteiger partial charge on any atom is -0.478 e. The van der Waals surface area contributed by atoms with Crippen molar-refractivity contribution in [3.8, 4) is 11.6 Å². The normalized spacial score (nSPS) is 11.2. The third-order valence-corrected chi connectivity index (χ3v) is 3.99. The summed E-state index contributed by atoms with van der Waals surface area (Å²) in [4.78, 5) is 4.44. The molecule has 3 aromatic rings. The third-order valence-electron chi connectivity index (χ3n) is 3.76. The Labute approximate surface area is 164 Å². The maximum atomic E-state index is 5.87. The lowest BCUT2D eigenvalue weighted by atomic mass is 10.2. The highest BCUT2D eigenvalue weighted by Crippen LogP contribution is 2.14. The van der Waals surface area contributed by atoms with Gasteiger partial charge in [-0.3, -0.25) is 0 Å². The molecule has 0 spiro atoms. The van der Waals surface area contributed by atoms with Crippen LogP contribution in [0.15, 0.2) is 77.9 Å². The van der Waals surface area contributed by atoms with Crippen LogP contribution in [-0.4, -0.2) is 21.5 Å². The van der Waals surface area contributed by atoms with Crippen LogP contribution in [0.3, 0.4) is 0 Å². The molecular weight excluding hydrogens is 356 g/mol. The van der Waals surface area contributed by atoms with Gasteiger partial charge in [0.2, 0.25) is 5.88 Å². The van der Waals surface area contributed by atoms with Crippen molar-refractivity contribution in [2.45, 2.75) is 19.9 Å². The fraction of sp³-hybridized carbons (Fsp3) is 0.190. The first-order valence-electron chi connectivity index (χ1n) is 8.90. The molecule has 0 aliphatic rings. The van der Waals surface area contributed by atoms with Gasteiger partial charge in [0.25, 0.3) is 0 Å². The molecule has 1 N–H and O–H groups in total. The lowest BCUT2D eigenvalue weighted by Crippen LogP contribution is -2.22. The van der Waals surface area contributed by atoms with Crippen LogP contribution in [0.5, 0.6) is 5.88 Å². The predicted octanol–water partition coefficient (Wildman–Crippen LogP) is 3.64. The molecule has 0 aliphatic carbocycles. The van der Waals surface area contributed by atoms with E-state index in [0.717, 1.165) is 17.7 Å². The number of rotatable bonds is 6. The molecule has 2 aromatic carbocycles. The predicted molar refractivity (Wildman–Crippen MR) is 111 cm³/mol. The highest BCUT2D eigenvalue weighted by Gasteiger charge is 2.05. The summed E-state index contributed by atoms with van der Waals surface area (Å²) in [6.45, 7) is 3.30. The average molecular weight is 379 g/mol. The fourth-order valence-electron chi connectivity index (χ4n) is 2.46. The molecule has 138 valence electrons. The summed E-state index contributed by atoms with van der Waals surface area (Å²) < 4.78 is 7.63. The zero-order chi connectivity index (χ0) is 18.9. The SMILES string of the molecule is CCCOc1cc(=NC(=S)NCc2ccccc2)cnn1-c1ccccc1. The maximum Gasteiger partial charge on any atom is 0.217 e. The molecule has 3 rings (SSSR count). The van der Waals surface area contributed by atoms with E-state index < -0.39 is 0 Å². The van der Waals surface area contributed by atoms with Gasteiger partial charge >= 0.3 is 0 Å². The summed E-state index contributed by atoms with van der Waals surface area (Å²) in [5.74, 6) is 0.634. The zero-order valence-electron chi connectivity index (χ0n) is 15.2. The van der Waals surface area contributed by atoms with Crippen molar-refractivity contribution in [1.82, 2.24) is 15.1 Å². The summed E-state index contributed by atoms with van der Waals surface area (Å²) in [5, 5.41) is 8.70. The highest BCUT2D eigenvalue weighted by atomic mass is 32.1. The van der Waals surface area contributed by atoms with Gasteiger partial charge in [-0.1, -0.05) is 55.5 Å². The van der Waals surface area contributed by atoms with Crippen molar-refractivity contribution in [1.29, 1.82) is 0 Å². The number of aromatic nitrogens is 2. The number of hydrogen-bond donors (Lipinski definition) is 1. The molecule has 5 nitrogen and oxygen atoms in total. The van der Waals surface area contributed by atoms with E-state index >= 15 is 0 Å². The van der Waals surface area contributed by atoms with Crippen molar-refractivity contribution in [2.24, 2.45) is 4.99 Å². The lowest BCUT2D eigenvalue weighted by Gasteiger charge is -2.12. The van der Waals surface area contributed by atoms with Crippen LogP contribution in [0.2, 0.25) is 0 Å². The van der Waals surface area contributed by atoms with Gasteiger partial charge in [0, 0.05) is 12.6 Å². The van der Waals surface area contributed by atoms with Gasteiger partial charge in [0.1, 0.15) is 0 Å². The standard InChI is InChI=1S/C21H22N4OS/c1-2-13-26-20-14-18(16-23-25(20)19-11-7-4-8-12-19)24-21(27)22-15-17-9-5-3-6-10-17/h3-12,14,16H,2,13,15H2,1H3,(H,22,27). The Bertz CT molecular complexity index is 939. The van der Waals surface area contributed by atoms with Gasteiger partial charge in [-0.25, -0.2) is 9.67 Å². The Balaban J connectivity index is 1.80. The number of ether oxygens (including phenoxy) is 1. The second kappa shape index (κ2) is 9.64. The molecule has 0 bridgehead atoms. The van der Waals surface area contributed by atoms with E-state index in [2.05, 4.69) is 22.3 Å². The van der Waals surface area contributed by atoms with Gasteiger partial charge in [0.15, 0.2) is 5.11 Å². The van der Waals surface area contributed by atoms with Gasteiger partial charge in [-0.15, -0.1) is 0 Å². The summed E-state index contributed by atoms with van der Waals surface area (Å²) >= 11 is 5.34. The van der Waals surface area contributed by atoms with E-state index in [9.17, 15) is 0 Å². The van der Waals surface area contributed by atoms with E-state index in [4.69, 9.17) is 17.0 Å². The molecule has 0 radical (unpaired) electrons. The molecule has 0 fully saturated rings. The zero-order valence-corrected chi connectivity index (χ0v) is 16.0. The number of benzene rings is 2. The molecular formula is C21H22N4OS. The summed E-state index contributed by atoms with van der Waals surface area (Å²) in [6.07, 6.45) is 2.59. The first-order valence-corrected chi connectivity index (χ1v) is 9.31. The topological polar surface area (TPSA) is 51.4 Å². The van der Waals surface area contributed by atoms with Crippen molar-refractivity contribution in [3.63, 3.8) is 0 Å². The van der Waals surface area contributed by atoms with Gasteiger partial charge < -0.3 is 10.1 Å². The maximum absolute atomic E-state index is 5.87. The quantitative estimate of drug-likeness (QED) is 0.666. The summed E-state index contributed by atoms with van der Waals surface area (Å²) in [6, 6.07) is 21.8. The largest absolute Gasteiger partial charge is 0.478 e. The third kappa shape index (κ3) is 5.49. The van der Waals surface area contributed by atoms with E-state index in [1.54, 1.807) is 10.9 Å². The second-order valence-electron chi connectivity index (χ2n) is 5.90. The van der Waals surface area contributed by atoms with Crippen LogP contribution in [0, 0.1) is 0 Å². The first-order chi connectivity index (χ1) is 13.3. The van der Waals surface area contributed by atoms with Crippen LogP contribution in [0.1, 0.15) is 18.9 Å². The molecule has 27 heavy (non-hydrogen) atoms. The van der Waals surface area contributed by atoms with Crippen LogP contribution in [-0.2, 0) is 6.54 Å². The second-order valence-corrected chi connectivity index (χ2v) is 6.29. The molecule has 0 atom stereocenters. The molecule has 0 saturated carbocycles. The van der Waals surface area contributed by atoms with E-state index in [0.29, 0.717) is 29.5 Å². The fourth-order valence-corrected chi connectivity index (χ4v) is 2.64. The van der Waals surface area contributed by atoms with Crippen LogP contribution in [0.4, 0.5) is 0 Å². The minimum atomic E-state index is 0.416. The number of para-hydroxylation sites is 1. The monoisotopic (exact) mass is 378 g/mol.